The molecule has 0 amide bonds. The third-order valence-electron chi connectivity index (χ3n) is 5.39. The Kier molecular flexibility index (Phi) is 6.82. The van der Waals surface area contributed by atoms with Gasteiger partial charge >= 0.3 is 6.18 Å². The van der Waals surface area contributed by atoms with Gasteiger partial charge in [0.15, 0.2) is 6.29 Å². The van der Waals surface area contributed by atoms with E-state index in [1.807, 2.05) is 48.2 Å². The van der Waals surface area contributed by atoms with Gasteiger partial charge in [0.05, 0.1) is 23.0 Å². The Bertz CT molecular complexity index is 893. The molecule has 0 bridgehead atoms. The molecule has 31 heavy (non-hydrogen) atoms. The summed E-state index contributed by atoms with van der Waals surface area (Å²) >= 11 is 0. The quantitative estimate of drug-likeness (QED) is 0.494. The van der Waals surface area contributed by atoms with Crippen molar-refractivity contribution in [3.63, 3.8) is 0 Å². The van der Waals surface area contributed by atoms with Crippen molar-refractivity contribution >= 4 is 34.7 Å². The molecule has 1 heterocycles. The first-order chi connectivity index (χ1) is 14.7. The van der Waals surface area contributed by atoms with Crippen LogP contribution < -0.4 is 25.6 Å². The summed E-state index contributed by atoms with van der Waals surface area (Å²) in [5.74, 6) is -0.689. The van der Waals surface area contributed by atoms with Crippen LogP contribution in [0.25, 0.3) is 0 Å². The molecule has 0 unspecified atom stereocenters. The molecule has 2 aromatic rings. The van der Waals surface area contributed by atoms with E-state index in [2.05, 4.69) is 5.32 Å². The second-order valence-corrected chi connectivity index (χ2v) is 7.75. The number of carbonyl (C=O) groups is 1. The molecular weight excluding hydrogens is 409 g/mol. The van der Waals surface area contributed by atoms with E-state index in [-0.39, 0.29) is 19.4 Å². The third kappa shape index (κ3) is 5.53. The van der Waals surface area contributed by atoms with Crippen molar-refractivity contribution < 1.29 is 22.7 Å². The zero-order chi connectivity index (χ0) is 22.6. The first-order valence-corrected chi connectivity index (χ1v) is 10.0. The average Bonchev–Trinajstić information content (AvgIpc) is 2.73. The lowest BCUT2D eigenvalue weighted by Crippen LogP contribution is -2.38. The topological polar surface area (TPSA) is 70.8 Å². The van der Waals surface area contributed by atoms with Crippen molar-refractivity contribution in [2.75, 3.05) is 54.6 Å². The normalized spacial score (nSPS) is 14.9. The summed E-state index contributed by atoms with van der Waals surface area (Å²) < 4.78 is 44.1. The van der Waals surface area contributed by atoms with Gasteiger partial charge in [0.2, 0.25) is 0 Å². The summed E-state index contributed by atoms with van der Waals surface area (Å²) in [5.41, 5.74) is 9.75. The number of ether oxygens (including phenoxy) is 1. The number of alkyl halides is 3. The number of nitrogen functional groups attached to an aromatic ring is 1. The van der Waals surface area contributed by atoms with Crippen molar-refractivity contribution in [2.45, 2.75) is 19.0 Å². The molecule has 0 atom stereocenters. The summed E-state index contributed by atoms with van der Waals surface area (Å²) in [6.07, 6.45) is -3.21. The van der Waals surface area contributed by atoms with Gasteiger partial charge in [-0.1, -0.05) is 0 Å². The van der Waals surface area contributed by atoms with Crippen molar-refractivity contribution in [1.82, 2.24) is 0 Å². The Morgan fingerprint density at radius 2 is 1.84 bits per heavy atom. The van der Waals surface area contributed by atoms with Crippen molar-refractivity contribution in [1.29, 1.82) is 0 Å². The number of anilines is 5. The summed E-state index contributed by atoms with van der Waals surface area (Å²) in [7, 11) is 3.71. The zero-order valence-corrected chi connectivity index (χ0v) is 17.6. The fourth-order valence-corrected chi connectivity index (χ4v) is 3.66. The van der Waals surface area contributed by atoms with E-state index in [1.165, 1.54) is 0 Å². The van der Waals surface area contributed by atoms with Crippen LogP contribution in [0.4, 0.5) is 41.6 Å². The first kappa shape index (κ1) is 22.6. The van der Waals surface area contributed by atoms with Gasteiger partial charge in [-0.15, -0.1) is 0 Å². The number of piperidine rings is 1. The highest BCUT2D eigenvalue weighted by Crippen LogP contribution is 2.38. The predicted molar refractivity (Wildman–Crippen MR) is 117 cm³/mol. The van der Waals surface area contributed by atoms with E-state index in [1.54, 1.807) is 12.1 Å². The van der Waals surface area contributed by atoms with E-state index < -0.39 is 12.1 Å². The molecule has 1 saturated heterocycles. The first-order valence-electron chi connectivity index (χ1n) is 10.0. The van der Waals surface area contributed by atoms with Gasteiger partial charge < -0.3 is 25.6 Å². The fourth-order valence-electron chi connectivity index (χ4n) is 3.66. The summed E-state index contributed by atoms with van der Waals surface area (Å²) in [6, 6.07) is 11.0. The molecule has 0 saturated carbocycles. The minimum atomic E-state index is -4.11. The Balaban J connectivity index is 1.70. The van der Waals surface area contributed by atoms with Crippen LogP contribution in [-0.2, 0) is 4.79 Å². The molecule has 1 aliphatic heterocycles. The number of halogens is 3. The maximum Gasteiger partial charge on any atom is 0.391 e. The molecule has 0 aliphatic carbocycles. The highest BCUT2D eigenvalue weighted by atomic mass is 19.4. The fraction of sp³-hybridized carbons (Fsp3) is 0.409. The van der Waals surface area contributed by atoms with Crippen LogP contribution in [0.2, 0.25) is 0 Å². The molecule has 0 spiro atoms. The second kappa shape index (κ2) is 9.36. The van der Waals surface area contributed by atoms with Gasteiger partial charge in [0.1, 0.15) is 12.4 Å². The second-order valence-electron chi connectivity index (χ2n) is 7.75. The van der Waals surface area contributed by atoms with Gasteiger partial charge in [0.25, 0.3) is 0 Å². The summed E-state index contributed by atoms with van der Waals surface area (Å²) in [5, 5.41) is 3.23. The highest BCUT2D eigenvalue weighted by Gasteiger charge is 2.41. The molecular formula is C22H27F3N4O2. The van der Waals surface area contributed by atoms with Gasteiger partial charge in [-0.25, -0.2) is 0 Å². The Labute approximate surface area is 179 Å². The molecule has 1 aliphatic rings. The number of hydrogen-bond donors (Lipinski definition) is 2. The van der Waals surface area contributed by atoms with Crippen molar-refractivity contribution in [3.8, 4) is 5.75 Å². The average molecular weight is 436 g/mol. The van der Waals surface area contributed by atoms with Gasteiger partial charge in [-0.3, -0.25) is 4.79 Å². The molecule has 6 nitrogen and oxygen atoms in total. The molecule has 168 valence electrons. The highest BCUT2D eigenvalue weighted by molar-refractivity contribution is 5.80. The van der Waals surface area contributed by atoms with E-state index in [0.717, 1.165) is 17.1 Å². The molecule has 3 N–H and O–H groups in total. The van der Waals surface area contributed by atoms with Crippen molar-refractivity contribution in [3.05, 3.63) is 36.4 Å². The number of nitrogens with one attached hydrogen (secondary N) is 1. The van der Waals surface area contributed by atoms with Crippen molar-refractivity contribution in [2.24, 2.45) is 5.92 Å². The molecule has 3 rings (SSSR count). The molecule has 1 fully saturated rings. The minimum absolute atomic E-state index is 0.0655. The maximum atomic E-state index is 12.9. The lowest BCUT2D eigenvalue weighted by molar-refractivity contribution is -0.179. The largest absolute Gasteiger partial charge is 0.484 e. The van der Waals surface area contributed by atoms with Crippen LogP contribution in [0.15, 0.2) is 36.4 Å². The Morgan fingerprint density at radius 3 is 2.39 bits per heavy atom. The van der Waals surface area contributed by atoms with Crippen LogP contribution in [0.1, 0.15) is 12.8 Å². The molecule has 0 radical (unpaired) electrons. The lowest BCUT2D eigenvalue weighted by atomic mass is 9.96. The number of aldehydes is 1. The molecule has 9 heteroatoms. The number of benzene rings is 2. The number of nitrogens with two attached hydrogens (primary N) is 1. The Morgan fingerprint density at radius 1 is 1.19 bits per heavy atom. The van der Waals surface area contributed by atoms with E-state index in [9.17, 15) is 18.0 Å². The van der Waals surface area contributed by atoms with E-state index >= 15 is 0 Å². The number of carbonyl (C=O) groups excluding carboxylic acids is 1. The lowest BCUT2D eigenvalue weighted by Gasteiger charge is -2.34. The maximum absolute atomic E-state index is 12.9. The van der Waals surface area contributed by atoms with Crippen LogP contribution >= 0.6 is 0 Å². The SMILES string of the molecule is CN(C)c1cc(N)c(Nc2ccc(N3CCC(C(F)(F)F)CC3)cc2)cc1OCC=O. The van der Waals surface area contributed by atoms with E-state index in [0.29, 0.717) is 36.5 Å². The van der Waals surface area contributed by atoms with Gasteiger partial charge in [0, 0.05) is 44.6 Å². The molecule has 0 aromatic heterocycles. The van der Waals surface area contributed by atoms with Gasteiger partial charge in [-0.2, -0.15) is 13.2 Å². The standard InChI is InChI=1S/C22H27F3N4O2/c1-28(2)20-13-18(26)19(14-21(20)31-12-11-30)27-16-3-5-17(6-4-16)29-9-7-15(8-10-29)22(23,24)25/h3-6,11,13-15,27H,7-10,12,26H2,1-2H3. The minimum Gasteiger partial charge on any atom is -0.484 e. The summed E-state index contributed by atoms with van der Waals surface area (Å²) in [6.45, 7) is 0.699. The Hall–Kier alpha value is -3.10. The zero-order valence-electron chi connectivity index (χ0n) is 17.6. The van der Waals surface area contributed by atoms with E-state index in [4.69, 9.17) is 10.5 Å². The predicted octanol–water partition coefficient (Wildman–Crippen LogP) is 4.43. The van der Waals surface area contributed by atoms with Gasteiger partial charge in [-0.05, 0) is 43.2 Å². The smallest absolute Gasteiger partial charge is 0.391 e. The number of rotatable bonds is 7. The molecule has 2 aromatic carbocycles. The van der Waals surface area contributed by atoms with Crippen LogP contribution in [-0.4, -0.2) is 46.3 Å². The summed E-state index contributed by atoms with van der Waals surface area (Å²) in [4.78, 5) is 14.5. The monoisotopic (exact) mass is 436 g/mol. The van der Waals surface area contributed by atoms with Crippen LogP contribution in [0, 0.1) is 5.92 Å². The van der Waals surface area contributed by atoms with Crippen LogP contribution in [0.5, 0.6) is 5.75 Å². The van der Waals surface area contributed by atoms with Crippen LogP contribution in [0.3, 0.4) is 0 Å². The third-order valence-corrected chi connectivity index (χ3v) is 5.39. The number of hydrogen-bond acceptors (Lipinski definition) is 6. The number of nitrogens with zero attached hydrogens (tertiary/aromatic N) is 2.